The summed E-state index contributed by atoms with van der Waals surface area (Å²) in [7, 11) is -10.6. The minimum Gasteiger partial charge on any atom is -0.367 e. The van der Waals surface area contributed by atoms with Gasteiger partial charge in [-0.25, -0.2) is 0 Å². The molecule has 0 rings (SSSR count). The fourth-order valence-corrected chi connectivity index (χ4v) is 5.08. The Morgan fingerprint density at radius 2 is 1.53 bits per heavy atom. The second-order valence-electron chi connectivity index (χ2n) is 3.62. The third-order valence-corrected chi connectivity index (χ3v) is 7.49. The molecule has 0 fully saturated rings. The van der Waals surface area contributed by atoms with Crippen LogP contribution in [0.1, 0.15) is 26.2 Å². The first-order valence-electron chi connectivity index (χ1n) is 4.97. The summed E-state index contributed by atoms with van der Waals surface area (Å²) >= 11 is 0.919. The van der Waals surface area contributed by atoms with Crippen LogP contribution in [-0.4, -0.2) is 41.3 Å². The van der Waals surface area contributed by atoms with Crippen LogP contribution in [0.3, 0.4) is 0 Å². The SMILES string of the molecule is CCCCCSCC(O)(P(=O)(O)O)P(=O)(O)O. The maximum atomic E-state index is 11.0. The van der Waals surface area contributed by atoms with Gasteiger partial charge in [0.15, 0.2) is 0 Å². The maximum Gasteiger partial charge on any atom is 0.370 e. The third kappa shape index (κ3) is 5.01. The Balaban J connectivity index is 4.55. The van der Waals surface area contributed by atoms with Gasteiger partial charge in [0, 0.05) is 5.75 Å². The van der Waals surface area contributed by atoms with E-state index < -0.39 is 26.0 Å². The molecule has 10 heteroatoms. The highest BCUT2D eigenvalue weighted by Gasteiger charge is 2.59. The van der Waals surface area contributed by atoms with Gasteiger partial charge in [-0.2, -0.15) is 11.8 Å². The van der Waals surface area contributed by atoms with Gasteiger partial charge in [-0.3, -0.25) is 9.13 Å². The number of rotatable bonds is 8. The maximum absolute atomic E-state index is 11.0. The zero-order valence-electron chi connectivity index (χ0n) is 9.39. The van der Waals surface area contributed by atoms with Crippen molar-refractivity contribution >= 4 is 27.0 Å². The lowest BCUT2D eigenvalue weighted by atomic mass is 10.3. The van der Waals surface area contributed by atoms with E-state index in [9.17, 15) is 14.2 Å². The zero-order valence-corrected chi connectivity index (χ0v) is 12.0. The molecule has 0 saturated carbocycles. The lowest BCUT2D eigenvalue weighted by Crippen LogP contribution is -2.31. The van der Waals surface area contributed by atoms with Crippen molar-refractivity contribution in [1.82, 2.24) is 0 Å². The van der Waals surface area contributed by atoms with Gasteiger partial charge in [-0.05, 0) is 12.2 Å². The Morgan fingerprint density at radius 1 is 1.06 bits per heavy atom. The normalized spacial score (nSPS) is 14.0. The predicted molar refractivity (Wildman–Crippen MR) is 65.9 cm³/mol. The first kappa shape index (κ1) is 17.6. The molecule has 0 heterocycles. The van der Waals surface area contributed by atoms with Gasteiger partial charge in [-0.1, -0.05) is 19.8 Å². The number of hydrogen-bond donors (Lipinski definition) is 5. The summed E-state index contributed by atoms with van der Waals surface area (Å²) in [5, 5.41) is 6.21. The van der Waals surface area contributed by atoms with Crippen LogP contribution in [0, 0.1) is 0 Å². The van der Waals surface area contributed by atoms with E-state index in [2.05, 4.69) is 0 Å². The molecule has 0 aromatic rings. The van der Waals surface area contributed by atoms with Crippen LogP contribution in [0.2, 0.25) is 0 Å². The smallest absolute Gasteiger partial charge is 0.367 e. The number of aliphatic hydroxyl groups is 1. The Labute approximate surface area is 104 Å². The van der Waals surface area contributed by atoms with Gasteiger partial charge >= 0.3 is 15.2 Å². The summed E-state index contributed by atoms with van der Waals surface area (Å²) in [4.78, 5) is 35.3. The molecule has 7 nitrogen and oxygen atoms in total. The van der Waals surface area contributed by atoms with Gasteiger partial charge in [0.25, 0.3) is 5.08 Å². The number of hydrogen-bond acceptors (Lipinski definition) is 4. The average molecular weight is 308 g/mol. The topological polar surface area (TPSA) is 135 Å². The first-order chi connectivity index (χ1) is 7.56. The summed E-state index contributed by atoms with van der Waals surface area (Å²) in [6.45, 7) is 1.98. The molecule has 104 valence electrons. The Hall–Kier alpha value is 0.610. The van der Waals surface area contributed by atoms with Crippen molar-refractivity contribution in [3.8, 4) is 0 Å². The van der Waals surface area contributed by atoms with E-state index in [1.807, 2.05) is 6.92 Å². The molecule has 0 aliphatic heterocycles. The molecule has 0 unspecified atom stereocenters. The summed E-state index contributed by atoms with van der Waals surface area (Å²) in [6, 6.07) is 0. The van der Waals surface area contributed by atoms with E-state index in [1.165, 1.54) is 0 Å². The molecule has 0 aliphatic carbocycles. The summed E-state index contributed by atoms with van der Waals surface area (Å²) in [6.07, 6.45) is 2.64. The minimum absolute atomic E-state index is 0.482. The summed E-state index contributed by atoms with van der Waals surface area (Å²) in [5.74, 6) is -0.207. The highest BCUT2D eigenvalue weighted by Crippen LogP contribution is 2.68. The molecule has 0 spiro atoms. The van der Waals surface area contributed by atoms with Crippen molar-refractivity contribution in [1.29, 1.82) is 0 Å². The van der Waals surface area contributed by atoms with Crippen LogP contribution in [0.15, 0.2) is 0 Å². The number of unbranched alkanes of at least 4 members (excludes halogenated alkanes) is 2. The highest BCUT2D eigenvalue weighted by atomic mass is 32.2. The molecule has 0 radical (unpaired) electrons. The van der Waals surface area contributed by atoms with Crippen molar-refractivity contribution in [2.45, 2.75) is 31.3 Å². The second-order valence-corrected chi connectivity index (χ2v) is 8.74. The minimum atomic E-state index is -5.29. The van der Waals surface area contributed by atoms with Crippen molar-refractivity contribution in [2.24, 2.45) is 0 Å². The Bertz CT molecular complexity index is 300. The fraction of sp³-hybridized carbons (Fsp3) is 1.00. The van der Waals surface area contributed by atoms with E-state index >= 15 is 0 Å². The van der Waals surface area contributed by atoms with Crippen LogP contribution in [0.5, 0.6) is 0 Å². The molecule has 0 aliphatic rings. The zero-order chi connectivity index (χ0) is 13.7. The van der Waals surface area contributed by atoms with E-state index in [-0.39, 0.29) is 0 Å². The van der Waals surface area contributed by atoms with Gasteiger partial charge < -0.3 is 24.7 Å². The molecule has 17 heavy (non-hydrogen) atoms. The first-order valence-corrected chi connectivity index (χ1v) is 9.35. The molecule has 0 amide bonds. The van der Waals surface area contributed by atoms with Crippen molar-refractivity contribution in [3.63, 3.8) is 0 Å². The highest BCUT2D eigenvalue weighted by molar-refractivity contribution is 8.00. The largest absolute Gasteiger partial charge is 0.370 e. The quantitative estimate of drug-likeness (QED) is 0.330. The number of thioether (sulfide) groups is 1. The predicted octanol–water partition coefficient (Wildman–Crippen LogP) is 0.911. The molecule has 0 atom stereocenters. The standard InChI is InChI=1S/C7H18O7P2S/c1-2-3-4-5-17-6-7(8,15(9,10)11)16(12,13)14/h8H,2-6H2,1H3,(H2,9,10,11)(H2,12,13,14). The van der Waals surface area contributed by atoms with Gasteiger partial charge in [0.05, 0.1) is 0 Å². The average Bonchev–Trinajstić information content (AvgIpc) is 2.13. The molecule has 0 aromatic heterocycles. The lowest BCUT2D eigenvalue weighted by Gasteiger charge is -2.28. The molecule has 0 aromatic carbocycles. The molecular weight excluding hydrogens is 290 g/mol. The van der Waals surface area contributed by atoms with Gasteiger partial charge in [0.1, 0.15) is 0 Å². The van der Waals surface area contributed by atoms with E-state index in [0.717, 1.165) is 31.0 Å². The van der Waals surface area contributed by atoms with Crippen LogP contribution < -0.4 is 0 Å². The van der Waals surface area contributed by atoms with E-state index in [0.29, 0.717) is 5.75 Å². The molecule has 0 bridgehead atoms. The van der Waals surface area contributed by atoms with Crippen molar-refractivity contribution in [2.75, 3.05) is 11.5 Å². The fourth-order valence-electron chi connectivity index (χ4n) is 1.00. The van der Waals surface area contributed by atoms with Crippen LogP contribution in [0.25, 0.3) is 0 Å². The Morgan fingerprint density at radius 3 is 1.88 bits per heavy atom. The van der Waals surface area contributed by atoms with Crippen LogP contribution in [-0.2, 0) is 9.13 Å². The van der Waals surface area contributed by atoms with Crippen molar-refractivity contribution < 1.29 is 33.8 Å². The van der Waals surface area contributed by atoms with Gasteiger partial charge in [0.2, 0.25) is 0 Å². The van der Waals surface area contributed by atoms with Crippen LogP contribution in [0.4, 0.5) is 0 Å². The van der Waals surface area contributed by atoms with Gasteiger partial charge in [-0.15, -0.1) is 0 Å². The van der Waals surface area contributed by atoms with Crippen LogP contribution >= 0.6 is 27.0 Å². The van der Waals surface area contributed by atoms with E-state index in [4.69, 9.17) is 19.6 Å². The van der Waals surface area contributed by atoms with E-state index in [1.54, 1.807) is 0 Å². The second kappa shape index (κ2) is 6.68. The monoisotopic (exact) mass is 308 g/mol. The Kier molecular flexibility index (Phi) is 6.92. The molecular formula is C7H18O7P2S. The molecule has 5 N–H and O–H groups in total. The third-order valence-electron chi connectivity index (χ3n) is 2.12. The summed E-state index contributed by atoms with van der Waals surface area (Å²) < 4.78 is 21.9. The molecule has 0 saturated heterocycles. The lowest BCUT2D eigenvalue weighted by molar-refractivity contribution is 0.150. The summed E-state index contributed by atoms with van der Waals surface area (Å²) in [5.41, 5.74) is 0. The van der Waals surface area contributed by atoms with Crippen molar-refractivity contribution in [3.05, 3.63) is 0 Å².